The summed E-state index contributed by atoms with van der Waals surface area (Å²) in [7, 11) is 0. The standard InChI is InChI=1S/C19H22N4O3/c1-4-23(5-2)17(24)9-8-16-21-18(22-26-16)14-11-13-7-6-12(3)10-15(13)20-19(14)25/h6-7,10-11H,4-5,8-9H2,1-3H3,(H,20,25). The van der Waals surface area contributed by atoms with Crippen molar-refractivity contribution in [3.63, 3.8) is 0 Å². The minimum atomic E-state index is -0.269. The molecule has 0 aliphatic heterocycles. The Bertz CT molecular complexity index is 986. The van der Waals surface area contributed by atoms with Crippen LogP contribution in [0, 0.1) is 6.92 Å². The number of nitrogens with zero attached hydrogens (tertiary/aromatic N) is 3. The molecule has 26 heavy (non-hydrogen) atoms. The van der Waals surface area contributed by atoms with Crippen molar-refractivity contribution in [1.29, 1.82) is 0 Å². The predicted octanol–water partition coefficient (Wildman–Crippen LogP) is 2.69. The Morgan fingerprint density at radius 2 is 2.00 bits per heavy atom. The van der Waals surface area contributed by atoms with E-state index in [0.29, 0.717) is 37.4 Å². The molecule has 136 valence electrons. The first-order chi connectivity index (χ1) is 12.5. The zero-order valence-corrected chi connectivity index (χ0v) is 15.2. The maximum absolute atomic E-state index is 12.3. The second kappa shape index (κ2) is 7.51. The maximum atomic E-state index is 12.3. The summed E-state index contributed by atoms with van der Waals surface area (Å²) in [6, 6.07) is 7.59. The highest BCUT2D eigenvalue weighted by Gasteiger charge is 2.16. The number of pyridine rings is 1. The molecule has 0 spiro atoms. The molecule has 0 saturated heterocycles. The van der Waals surface area contributed by atoms with Gasteiger partial charge in [0.1, 0.15) is 0 Å². The molecule has 1 N–H and O–H groups in total. The summed E-state index contributed by atoms with van der Waals surface area (Å²) in [5.41, 5.74) is 1.92. The van der Waals surface area contributed by atoms with Gasteiger partial charge in [-0.2, -0.15) is 4.98 Å². The lowest BCUT2D eigenvalue weighted by molar-refractivity contribution is -0.130. The number of aromatic nitrogens is 3. The van der Waals surface area contributed by atoms with Crippen molar-refractivity contribution < 1.29 is 9.32 Å². The van der Waals surface area contributed by atoms with E-state index in [9.17, 15) is 9.59 Å². The van der Waals surface area contributed by atoms with Crippen LogP contribution < -0.4 is 5.56 Å². The van der Waals surface area contributed by atoms with Crippen molar-refractivity contribution in [1.82, 2.24) is 20.0 Å². The summed E-state index contributed by atoms with van der Waals surface area (Å²) < 4.78 is 5.22. The van der Waals surface area contributed by atoms with Crippen molar-refractivity contribution in [2.75, 3.05) is 13.1 Å². The Labute approximate surface area is 151 Å². The van der Waals surface area contributed by atoms with E-state index in [0.717, 1.165) is 16.5 Å². The van der Waals surface area contributed by atoms with Gasteiger partial charge >= 0.3 is 0 Å². The van der Waals surface area contributed by atoms with E-state index < -0.39 is 0 Å². The first-order valence-electron chi connectivity index (χ1n) is 8.76. The van der Waals surface area contributed by atoms with E-state index in [2.05, 4.69) is 15.1 Å². The molecule has 0 saturated carbocycles. The number of hydrogen-bond acceptors (Lipinski definition) is 5. The van der Waals surface area contributed by atoms with Gasteiger partial charge in [0, 0.05) is 31.4 Å². The van der Waals surface area contributed by atoms with Crippen LogP contribution >= 0.6 is 0 Å². The predicted molar refractivity (Wildman–Crippen MR) is 98.8 cm³/mol. The molecular weight excluding hydrogens is 332 g/mol. The minimum absolute atomic E-state index is 0.0497. The summed E-state index contributed by atoms with van der Waals surface area (Å²) in [4.78, 5) is 33.3. The maximum Gasteiger partial charge on any atom is 0.259 e. The van der Waals surface area contributed by atoms with Gasteiger partial charge in [-0.3, -0.25) is 9.59 Å². The minimum Gasteiger partial charge on any atom is -0.343 e. The lowest BCUT2D eigenvalue weighted by Gasteiger charge is -2.17. The van der Waals surface area contributed by atoms with Crippen molar-refractivity contribution in [3.05, 3.63) is 46.1 Å². The Balaban J connectivity index is 1.80. The first kappa shape index (κ1) is 17.8. The Morgan fingerprint density at radius 1 is 1.23 bits per heavy atom. The smallest absolute Gasteiger partial charge is 0.259 e. The molecule has 2 heterocycles. The molecule has 0 atom stereocenters. The Kier molecular flexibility index (Phi) is 5.16. The molecule has 0 aliphatic carbocycles. The van der Waals surface area contributed by atoms with E-state index in [1.165, 1.54) is 0 Å². The summed E-state index contributed by atoms with van der Waals surface area (Å²) in [6.45, 7) is 7.21. The van der Waals surface area contributed by atoms with Gasteiger partial charge in [-0.05, 0) is 43.9 Å². The van der Waals surface area contributed by atoms with Gasteiger partial charge in [-0.15, -0.1) is 0 Å². The number of hydrogen-bond donors (Lipinski definition) is 1. The van der Waals surface area contributed by atoms with E-state index in [-0.39, 0.29) is 17.3 Å². The third-order valence-corrected chi connectivity index (χ3v) is 4.38. The second-order valence-corrected chi connectivity index (χ2v) is 6.18. The number of fused-ring (bicyclic) bond motifs is 1. The molecule has 7 nitrogen and oxygen atoms in total. The topological polar surface area (TPSA) is 92.1 Å². The zero-order chi connectivity index (χ0) is 18.7. The normalized spacial score (nSPS) is 11.0. The third kappa shape index (κ3) is 3.66. The largest absolute Gasteiger partial charge is 0.343 e. The lowest BCUT2D eigenvalue weighted by Crippen LogP contribution is -2.30. The average molecular weight is 354 g/mol. The van der Waals surface area contributed by atoms with Crippen LogP contribution in [0.3, 0.4) is 0 Å². The van der Waals surface area contributed by atoms with E-state index >= 15 is 0 Å². The van der Waals surface area contributed by atoms with Crippen molar-refractivity contribution in [2.24, 2.45) is 0 Å². The summed E-state index contributed by atoms with van der Waals surface area (Å²) in [5.74, 6) is 0.636. The number of aryl methyl sites for hydroxylation is 2. The molecule has 3 rings (SSSR count). The first-order valence-corrected chi connectivity index (χ1v) is 8.76. The van der Waals surface area contributed by atoms with Gasteiger partial charge in [0.15, 0.2) is 0 Å². The van der Waals surface area contributed by atoms with Crippen molar-refractivity contribution in [3.8, 4) is 11.4 Å². The van der Waals surface area contributed by atoms with E-state index in [1.54, 1.807) is 11.0 Å². The summed E-state index contributed by atoms with van der Waals surface area (Å²) in [5, 5.41) is 4.80. The molecule has 0 aliphatic rings. The summed E-state index contributed by atoms with van der Waals surface area (Å²) in [6.07, 6.45) is 0.656. The molecule has 2 aromatic heterocycles. The van der Waals surface area contributed by atoms with Crippen LogP contribution in [-0.4, -0.2) is 39.0 Å². The van der Waals surface area contributed by atoms with Gasteiger partial charge in [-0.1, -0.05) is 17.3 Å². The Morgan fingerprint density at radius 3 is 2.73 bits per heavy atom. The van der Waals surface area contributed by atoms with Crippen LogP contribution in [0.2, 0.25) is 0 Å². The number of nitrogens with one attached hydrogen (secondary N) is 1. The van der Waals surface area contributed by atoms with Crippen LogP contribution in [0.4, 0.5) is 0 Å². The number of H-pyrrole nitrogens is 1. The van der Waals surface area contributed by atoms with Gasteiger partial charge in [0.2, 0.25) is 17.6 Å². The second-order valence-electron chi connectivity index (χ2n) is 6.18. The highest BCUT2D eigenvalue weighted by Crippen LogP contribution is 2.18. The van der Waals surface area contributed by atoms with Crippen LogP contribution in [0.15, 0.2) is 33.6 Å². The fourth-order valence-electron chi connectivity index (χ4n) is 2.90. The lowest BCUT2D eigenvalue weighted by atomic mass is 10.1. The molecule has 7 heteroatoms. The SMILES string of the molecule is CCN(CC)C(=O)CCc1nc(-c2cc3ccc(C)cc3[nH]c2=O)no1. The van der Waals surface area contributed by atoms with Gasteiger partial charge in [0.05, 0.1) is 5.56 Å². The van der Waals surface area contributed by atoms with Crippen LogP contribution in [0.1, 0.15) is 31.7 Å². The fraction of sp³-hybridized carbons (Fsp3) is 0.368. The average Bonchev–Trinajstić information content (AvgIpc) is 3.09. The van der Waals surface area contributed by atoms with Gasteiger partial charge in [-0.25, -0.2) is 0 Å². The van der Waals surface area contributed by atoms with Gasteiger partial charge in [0.25, 0.3) is 5.56 Å². The highest BCUT2D eigenvalue weighted by atomic mass is 16.5. The van der Waals surface area contributed by atoms with Crippen molar-refractivity contribution in [2.45, 2.75) is 33.6 Å². The Hall–Kier alpha value is -2.96. The van der Waals surface area contributed by atoms with Crippen molar-refractivity contribution >= 4 is 16.8 Å². The monoisotopic (exact) mass is 354 g/mol. The molecule has 0 bridgehead atoms. The molecule has 1 aromatic carbocycles. The molecule has 0 unspecified atom stereocenters. The number of amides is 1. The van der Waals surface area contributed by atoms with E-state index in [4.69, 9.17) is 4.52 Å². The number of rotatable bonds is 6. The van der Waals surface area contributed by atoms with E-state index in [1.807, 2.05) is 39.0 Å². The molecular formula is C19H22N4O3. The quantitative estimate of drug-likeness (QED) is 0.735. The van der Waals surface area contributed by atoms with Gasteiger partial charge < -0.3 is 14.4 Å². The number of aromatic amines is 1. The highest BCUT2D eigenvalue weighted by molar-refractivity contribution is 5.82. The molecule has 3 aromatic rings. The molecule has 0 radical (unpaired) electrons. The fourth-order valence-corrected chi connectivity index (χ4v) is 2.90. The van der Waals surface area contributed by atoms with Crippen LogP contribution in [-0.2, 0) is 11.2 Å². The molecule has 1 amide bonds. The van der Waals surface area contributed by atoms with Crippen LogP contribution in [0.5, 0.6) is 0 Å². The number of carbonyl (C=O) groups excluding carboxylic acids is 1. The number of benzene rings is 1. The van der Waals surface area contributed by atoms with Crippen LogP contribution in [0.25, 0.3) is 22.3 Å². The summed E-state index contributed by atoms with van der Waals surface area (Å²) >= 11 is 0. The molecule has 0 fully saturated rings. The zero-order valence-electron chi connectivity index (χ0n) is 15.2. The number of carbonyl (C=O) groups is 1. The third-order valence-electron chi connectivity index (χ3n) is 4.38.